The zero-order valence-electron chi connectivity index (χ0n) is 78.4. The van der Waals surface area contributed by atoms with Gasteiger partial charge in [0.15, 0.2) is 72.9 Å². The number of esters is 4. The van der Waals surface area contributed by atoms with E-state index in [4.69, 9.17) is 73.2 Å². The maximum absolute atomic E-state index is 15.5. The van der Waals surface area contributed by atoms with Crippen molar-refractivity contribution in [2.75, 3.05) is 71.6 Å². The fourth-order valence-corrected chi connectivity index (χ4v) is 19.0. The lowest BCUT2D eigenvalue weighted by Gasteiger charge is -2.32. The highest BCUT2D eigenvalue weighted by molar-refractivity contribution is 7.57. The number of aliphatic imine (C=N–C) groups is 3. The molecule has 8 rings (SSSR count). The smallest absolute Gasteiger partial charge is 0.351 e. The summed E-state index contributed by atoms with van der Waals surface area (Å²) in [6.07, 6.45) is -8.57. The lowest BCUT2D eigenvalue weighted by atomic mass is 9.79. The van der Waals surface area contributed by atoms with E-state index in [1.165, 1.54) is 78.4 Å². The van der Waals surface area contributed by atoms with Crippen molar-refractivity contribution in [1.29, 1.82) is 0 Å². The van der Waals surface area contributed by atoms with Gasteiger partial charge in [-0.15, -0.1) is 0 Å². The Bertz CT molecular complexity index is 4540. The van der Waals surface area contributed by atoms with Crippen LogP contribution in [0, 0.1) is 21.7 Å². The van der Waals surface area contributed by atoms with Gasteiger partial charge in [0.1, 0.15) is 53.3 Å². The number of hydrogen-bond donors (Lipinski definition) is 10. The van der Waals surface area contributed by atoms with Crippen LogP contribution in [-0.4, -0.2) is 264 Å². The monoisotopic (exact) mass is 1950 g/mol. The van der Waals surface area contributed by atoms with Gasteiger partial charge in [0, 0.05) is 68.7 Å². The van der Waals surface area contributed by atoms with Gasteiger partial charge in [-0.1, -0.05) is 68.2 Å². The molecule has 13 N–H and O–H groups in total. The molecule has 7 aliphatic heterocycles. The Hall–Kier alpha value is -7.58. The van der Waals surface area contributed by atoms with E-state index in [9.17, 15) is 66.0 Å². The number of nitrogens with one attached hydrogen (secondary N) is 5. The van der Waals surface area contributed by atoms with E-state index in [1.807, 2.05) is 13.8 Å². The molecule has 0 radical (unpaired) electrons. The van der Waals surface area contributed by atoms with E-state index in [0.29, 0.717) is 19.3 Å². The van der Waals surface area contributed by atoms with Crippen LogP contribution in [0.4, 0.5) is 32.2 Å². The molecule has 7 aliphatic rings. The van der Waals surface area contributed by atoms with Gasteiger partial charge in [-0.2, -0.15) is 4.98 Å². The van der Waals surface area contributed by atoms with Gasteiger partial charge in [-0.05, 0) is 114 Å². The minimum Gasteiger partial charge on any atom is -0.462 e. The number of alkyl halides is 4. The quantitative estimate of drug-likeness (QED) is 0.0127. The second-order valence-corrected chi connectivity index (χ2v) is 43.5. The summed E-state index contributed by atoms with van der Waals surface area (Å²) in [6, 6.07) is -2.21. The Morgan fingerprint density at radius 1 is 0.496 bits per heavy atom. The number of amidine groups is 3. The summed E-state index contributed by atoms with van der Waals surface area (Å²) in [4.78, 5) is 91.2. The molecule has 0 bridgehead atoms. The summed E-state index contributed by atoms with van der Waals surface area (Å²) < 4.78 is 208. The number of aliphatic hydroxyl groups excluding tert-OH is 2. The van der Waals surface area contributed by atoms with Crippen LogP contribution in [0.5, 0.6) is 0 Å². The largest absolute Gasteiger partial charge is 0.462 e. The van der Waals surface area contributed by atoms with E-state index >= 15 is 17.6 Å². The summed E-state index contributed by atoms with van der Waals surface area (Å²) >= 11 is 0. The number of carbonyl (C=O) groups excluding carboxylic acids is 5. The molecule has 0 aromatic carbocycles. The predicted octanol–water partition coefficient (Wildman–Crippen LogP) is 9.84. The fourth-order valence-electron chi connectivity index (χ4n) is 13.8. The van der Waals surface area contributed by atoms with Gasteiger partial charge in [-0.25, -0.2) is 66.5 Å². The van der Waals surface area contributed by atoms with Crippen molar-refractivity contribution in [3.05, 3.63) is 96.3 Å². The first-order valence-corrected chi connectivity index (χ1v) is 50.7. The highest BCUT2D eigenvalue weighted by Crippen LogP contribution is 2.53. The molecule has 0 aliphatic carbocycles. The van der Waals surface area contributed by atoms with Crippen LogP contribution in [-0.2, 0) is 98.2 Å². The number of anilines is 1. The lowest BCUT2D eigenvalue weighted by molar-refractivity contribution is -0.149. The number of nitrogens with zero attached hydrogens (tertiary/aromatic N) is 8. The van der Waals surface area contributed by atoms with E-state index in [2.05, 4.69) is 65.4 Å². The number of amides is 1. The topological polar surface area (TPSA) is 525 Å². The molecule has 1 amide bonds. The third kappa shape index (κ3) is 30.5. The van der Waals surface area contributed by atoms with E-state index < -0.39 is 217 Å². The summed E-state index contributed by atoms with van der Waals surface area (Å²) in [6.45, 7) is 45.2. The van der Waals surface area contributed by atoms with Crippen molar-refractivity contribution in [1.82, 2.24) is 44.6 Å². The molecule has 1 aromatic rings. The summed E-state index contributed by atoms with van der Waals surface area (Å²) in [5.74, 6) is -4.51. The standard InChI is InChI=1S/C22H36FN4O8P.C20H33F2N4O5P.C20H34FN4O5P.C19H31F2N4O6P/c1-7-8-17(29)24-16-9-10-27(21(31)25-16)19-18(23)22(5,12-28)15(35-19)11-33-36(6,32)26-14(4)20(30)34-13(2)3;1-8-20(6)15(10-29-32(7,28)25-12(4)19(27)30-11(2)3)31-18(16(20)22)26-9-14(21)17(23)24-13(26)5;1-8-20(6)15(11-28-31(7,27)24-13(4)19(26)29-12(2)3)30-18(17(20)21)25-10-9-16(22)23-14(25)5;1-10(2)30-18(27)11(3)24-32(6,28)29-8-14-19(5,9-26)15(21)17(31-14)25-7-13(20)16(22)23-12(25)4/h9-10,13-15,18-19,28H,7-8,11-12H2,1-6H3,(H,26,32)(H,24,25,29,31);9,11-12,15-16,18H,5,8,10H2,1-4,6-7H3,(H2,23,24)(H,25,28);9-10,12-13,15,17-18H,5,8,11H2,1-4,6-7H3,(H2,22,23)(H,24,27);7,10-11,14-15,17,26H,4,8-9H2,1-3,5-6H3,(H2,22,23)(H,24,28)/t14-,15+,18?,19+,22-,36?;12-,15+,16?,18+,20-,32?;13-,15+,17?,18+,20-,31?;11-,14+,15?,17+,19-,32?/m0000/s1. The zero-order valence-corrected chi connectivity index (χ0v) is 82.0. The Kier molecular flexibility index (Phi) is 41.5. The molecule has 40 nitrogen and oxygen atoms in total. The summed E-state index contributed by atoms with van der Waals surface area (Å²) in [5, 5.41) is 32.8. The molecule has 24 atom stereocenters. The lowest BCUT2D eigenvalue weighted by Crippen LogP contribution is -2.44. The van der Waals surface area contributed by atoms with Crippen molar-refractivity contribution in [2.45, 2.75) is 280 Å². The molecule has 744 valence electrons. The number of hydrogen-bond acceptors (Lipinski definition) is 34. The van der Waals surface area contributed by atoms with Gasteiger partial charge >= 0.3 is 29.6 Å². The normalized spacial score (nSPS) is 30.0. The van der Waals surface area contributed by atoms with Crippen molar-refractivity contribution in [2.24, 2.45) is 53.8 Å². The van der Waals surface area contributed by atoms with Gasteiger partial charge in [0.05, 0.1) is 99.3 Å². The molecular formula is C81H134F6N16O24P4. The maximum Gasteiger partial charge on any atom is 0.351 e. The molecule has 131 heavy (non-hydrogen) atoms. The number of nitrogens with two attached hydrogens (primary N) is 3. The number of aliphatic hydroxyl groups is 2. The number of aromatic nitrogens is 2. The molecule has 0 saturated carbocycles. The number of rotatable bonds is 39. The van der Waals surface area contributed by atoms with Crippen molar-refractivity contribution in [3.8, 4) is 0 Å². The Morgan fingerprint density at radius 3 is 1.08 bits per heavy atom. The average Bonchev–Trinajstić information content (AvgIpc) is 1.63. The molecule has 8 unspecified atom stereocenters. The van der Waals surface area contributed by atoms with Crippen LogP contribution in [0.2, 0.25) is 0 Å². The molecule has 4 fully saturated rings. The van der Waals surface area contributed by atoms with Gasteiger partial charge in [0.25, 0.3) is 30.1 Å². The second kappa shape index (κ2) is 47.7. The molecular weight excluding hydrogens is 1820 g/mol. The minimum absolute atomic E-state index is 0.0241. The third-order valence-electron chi connectivity index (χ3n) is 22.0. The zero-order chi connectivity index (χ0) is 99.7. The highest BCUT2D eigenvalue weighted by atomic mass is 31.2. The van der Waals surface area contributed by atoms with Gasteiger partial charge in [-0.3, -0.25) is 46.8 Å². The summed E-state index contributed by atoms with van der Waals surface area (Å²) in [7, 11) is -14.0. The summed E-state index contributed by atoms with van der Waals surface area (Å²) in [5.41, 5.74) is 10.8. The fraction of sp³-hybridized carbons (Fsp3) is 0.704. The van der Waals surface area contributed by atoms with Crippen LogP contribution in [0.3, 0.4) is 0 Å². The van der Waals surface area contributed by atoms with Crippen LogP contribution in [0.15, 0.2) is 106 Å². The van der Waals surface area contributed by atoms with Gasteiger partial charge < -0.3 is 103 Å². The van der Waals surface area contributed by atoms with Crippen LogP contribution >= 0.6 is 30.1 Å². The van der Waals surface area contributed by atoms with E-state index in [-0.39, 0.29) is 91.5 Å². The van der Waals surface area contributed by atoms with Crippen molar-refractivity contribution in [3.63, 3.8) is 0 Å². The molecule has 4 saturated heterocycles. The number of ether oxygens (including phenoxy) is 8. The molecule has 50 heteroatoms. The Labute approximate surface area is 760 Å². The molecule has 1 aromatic heterocycles. The SMILES string of the molecule is C=C1N=C(N)C(F)=CN1[C@@H]1O[C@H](COP(C)(=O)N[C@@H](C)C(=O)OC(C)C)[C@](C)(CC)C1F.C=C1N=C(N)C(F)=CN1[C@@H]1O[C@H](COP(C)(=O)N[C@@H](C)C(=O)OC(C)C)[C@](C)(CO)C1F.C=C1N=C(N)C=CN1[C@@H]1O[C@H](COP(C)(=O)N[C@@H](C)C(=O)OC(C)C)[C@](C)(CC)C1F.CCCC(=O)Nc1ccn([C@@H]2O[C@H](COP(C)(=O)N[C@@H](C)C(=O)OC(C)C)[C@](C)(CO)C2F)c(=O)n1. The maximum atomic E-state index is 15.5. The predicted molar refractivity (Wildman–Crippen MR) is 477 cm³/mol. The number of halogens is 6. The molecule has 8 heterocycles. The average molecular weight is 1950 g/mol. The Balaban J connectivity index is 0.000000310. The van der Waals surface area contributed by atoms with Crippen molar-refractivity contribution < 1.29 is 135 Å². The number of carbonyl (C=O) groups is 5. The van der Waals surface area contributed by atoms with Gasteiger partial charge in [0.2, 0.25) is 5.91 Å². The first kappa shape index (κ1) is 114. The van der Waals surface area contributed by atoms with Crippen LogP contribution < -0.4 is 48.6 Å². The Morgan fingerprint density at radius 2 is 0.786 bits per heavy atom. The molecule has 0 spiro atoms. The first-order valence-electron chi connectivity index (χ1n) is 42.5. The van der Waals surface area contributed by atoms with E-state index in [1.54, 1.807) is 95.4 Å². The highest BCUT2D eigenvalue weighted by Gasteiger charge is 2.60. The third-order valence-corrected chi connectivity index (χ3v) is 28.0. The first-order chi connectivity index (χ1) is 60.5. The van der Waals surface area contributed by atoms with E-state index in [0.717, 1.165) is 26.8 Å². The van der Waals surface area contributed by atoms with Crippen LogP contribution in [0.25, 0.3) is 0 Å². The second-order valence-electron chi connectivity index (χ2n) is 34.7. The minimum atomic E-state index is -3.57. The van der Waals surface area contributed by atoms with Crippen LogP contribution in [0.1, 0.15) is 163 Å². The van der Waals surface area contributed by atoms with Crippen molar-refractivity contribution >= 4 is 83.2 Å².